The minimum atomic E-state index is -0.342. The van der Waals surface area contributed by atoms with Gasteiger partial charge in [0.15, 0.2) is 0 Å². The van der Waals surface area contributed by atoms with Crippen molar-refractivity contribution >= 4 is 21.9 Å². The molecule has 2 spiro atoms. The third kappa shape index (κ3) is 4.04. The lowest BCUT2D eigenvalue weighted by atomic mass is 9.70. The molecule has 0 atom stereocenters. The van der Waals surface area contributed by atoms with Crippen LogP contribution in [0.1, 0.15) is 44.5 Å². The van der Waals surface area contributed by atoms with Crippen molar-refractivity contribution in [3.05, 3.63) is 263 Å². The molecule has 0 saturated heterocycles. The number of furan rings is 1. The Hall–Kier alpha value is -8.00. The summed E-state index contributed by atoms with van der Waals surface area (Å²) in [4.78, 5) is 0. The van der Waals surface area contributed by atoms with Crippen LogP contribution >= 0.6 is 0 Å². The quantitative estimate of drug-likeness (QED) is 0.170. The van der Waals surface area contributed by atoms with Gasteiger partial charge in [0.25, 0.3) is 0 Å². The average molecular weight is 797 g/mol. The Morgan fingerprint density at radius 1 is 0.222 bits per heavy atom. The maximum absolute atomic E-state index is 6.53. The molecule has 1 nitrogen and oxygen atoms in total. The molecule has 0 saturated carbocycles. The highest BCUT2D eigenvalue weighted by Crippen LogP contribution is 2.64. The van der Waals surface area contributed by atoms with E-state index in [4.69, 9.17) is 4.42 Å². The fraction of sp³-hybridized carbons (Fsp3) is 0.0323. The van der Waals surface area contributed by atoms with Crippen molar-refractivity contribution < 1.29 is 4.42 Å². The molecule has 0 unspecified atom stereocenters. The molecule has 0 bridgehead atoms. The summed E-state index contributed by atoms with van der Waals surface area (Å²) in [5, 5.41) is 2.26. The van der Waals surface area contributed by atoms with Crippen LogP contribution in [0.2, 0.25) is 0 Å². The Bertz CT molecular complexity index is 3480. The van der Waals surface area contributed by atoms with E-state index in [2.05, 4.69) is 218 Å². The van der Waals surface area contributed by atoms with Crippen LogP contribution in [0.15, 0.2) is 223 Å². The number of benzene rings is 10. The van der Waals surface area contributed by atoms with Crippen molar-refractivity contribution in [3.8, 4) is 66.8 Å². The first-order valence-corrected chi connectivity index (χ1v) is 22.1. The SMILES string of the molecule is c1ccc2c(c1)-c1ccccc1C21c2ccccc2-c2cc(-c3ccc4oc5ccc(-c6ccc7c(c6)-c6ccccc6C76c7ccccc7-c7ccccc76)cc5c4c3)ccc21. The Balaban J connectivity index is 0.867. The van der Waals surface area contributed by atoms with Gasteiger partial charge in [0.05, 0.1) is 10.8 Å². The lowest BCUT2D eigenvalue weighted by Crippen LogP contribution is -2.25. The molecule has 1 aromatic heterocycles. The zero-order valence-corrected chi connectivity index (χ0v) is 34.2. The summed E-state index contributed by atoms with van der Waals surface area (Å²) >= 11 is 0. The fourth-order valence-corrected chi connectivity index (χ4v) is 12.7. The van der Waals surface area contributed by atoms with E-state index in [1.54, 1.807) is 0 Å². The number of rotatable bonds is 2. The molecule has 1 heteroatoms. The highest BCUT2D eigenvalue weighted by Gasteiger charge is 2.53. The molecule has 63 heavy (non-hydrogen) atoms. The van der Waals surface area contributed by atoms with Gasteiger partial charge in [0.2, 0.25) is 0 Å². The molecule has 1 heterocycles. The predicted molar refractivity (Wildman–Crippen MR) is 257 cm³/mol. The Labute approximate surface area is 365 Å². The van der Waals surface area contributed by atoms with Gasteiger partial charge in [0, 0.05) is 10.8 Å². The van der Waals surface area contributed by atoms with Gasteiger partial charge in [-0.1, -0.05) is 182 Å². The van der Waals surface area contributed by atoms with E-state index in [-0.39, 0.29) is 10.8 Å². The highest BCUT2D eigenvalue weighted by molar-refractivity contribution is 6.08. The van der Waals surface area contributed by atoms with E-state index >= 15 is 0 Å². The lowest BCUT2D eigenvalue weighted by molar-refractivity contribution is 0.669. The first kappa shape index (κ1) is 33.7. The highest BCUT2D eigenvalue weighted by atomic mass is 16.3. The second-order valence-corrected chi connectivity index (χ2v) is 17.8. The van der Waals surface area contributed by atoms with Gasteiger partial charge >= 0.3 is 0 Å². The van der Waals surface area contributed by atoms with Gasteiger partial charge in [0.1, 0.15) is 11.2 Å². The van der Waals surface area contributed by atoms with E-state index in [1.807, 2.05) is 0 Å². The minimum absolute atomic E-state index is 0.342. The van der Waals surface area contributed by atoms with Crippen molar-refractivity contribution in [1.29, 1.82) is 0 Å². The number of hydrogen-bond donors (Lipinski definition) is 0. The predicted octanol–water partition coefficient (Wildman–Crippen LogP) is 15.6. The standard InChI is InChI=1S/C62H36O/c1-7-19-51-41(13-1)42-14-2-8-20-52(42)61(51)55-23-11-5-17-45(55)47-33-37(25-29-57(47)61)39-27-31-59-49(35-39)50-36-40(28-32-60(50)63-59)38-26-30-58-48(34-38)46-18-6-12-24-56(46)62(58)53-21-9-3-15-43(53)44-16-4-10-22-54(44)62/h1-36H. The second-order valence-electron chi connectivity index (χ2n) is 17.8. The van der Waals surface area contributed by atoms with Gasteiger partial charge in [-0.05, 0) is 148 Å². The van der Waals surface area contributed by atoms with E-state index in [0.717, 1.165) is 21.9 Å². The summed E-state index contributed by atoms with van der Waals surface area (Å²) in [5.74, 6) is 0. The Morgan fingerprint density at radius 2 is 0.476 bits per heavy atom. The van der Waals surface area contributed by atoms with Crippen LogP contribution in [0.4, 0.5) is 0 Å². The normalized spacial score (nSPS) is 14.6. The van der Waals surface area contributed by atoms with Crippen LogP contribution in [0.5, 0.6) is 0 Å². The molecule has 4 aliphatic carbocycles. The summed E-state index contributed by atoms with van der Waals surface area (Å²) in [7, 11) is 0. The monoisotopic (exact) mass is 796 g/mol. The van der Waals surface area contributed by atoms with Gasteiger partial charge in [-0.25, -0.2) is 0 Å². The van der Waals surface area contributed by atoms with Crippen molar-refractivity contribution in [2.24, 2.45) is 0 Å². The smallest absolute Gasteiger partial charge is 0.135 e. The number of fused-ring (bicyclic) bond motifs is 23. The summed E-state index contributed by atoms with van der Waals surface area (Å²) in [6.07, 6.45) is 0. The summed E-state index contributed by atoms with van der Waals surface area (Å²) in [6.45, 7) is 0. The first-order chi connectivity index (χ1) is 31.2. The molecule has 11 aromatic rings. The largest absolute Gasteiger partial charge is 0.456 e. The average Bonchev–Trinajstić information content (AvgIpc) is 4.12. The molecule has 0 N–H and O–H groups in total. The third-order valence-corrected chi connectivity index (χ3v) is 15.1. The molecular formula is C62H36O. The van der Waals surface area contributed by atoms with Crippen LogP contribution in [0, 0.1) is 0 Å². The second kappa shape index (κ2) is 11.9. The molecular weight excluding hydrogens is 761 g/mol. The molecule has 0 aliphatic heterocycles. The zero-order valence-electron chi connectivity index (χ0n) is 34.2. The van der Waals surface area contributed by atoms with Crippen LogP contribution in [0.3, 0.4) is 0 Å². The minimum Gasteiger partial charge on any atom is -0.456 e. The molecule has 10 aromatic carbocycles. The van der Waals surface area contributed by atoms with Crippen molar-refractivity contribution in [2.45, 2.75) is 10.8 Å². The molecule has 0 fully saturated rings. The van der Waals surface area contributed by atoms with Gasteiger partial charge in [-0.2, -0.15) is 0 Å². The fourth-order valence-electron chi connectivity index (χ4n) is 12.7. The van der Waals surface area contributed by atoms with E-state index in [9.17, 15) is 0 Å². The van der Waals surface area contributed by atoms with Crippen molar-refractivity contribution in [1.82, 2.24) is 0 Å². The number of hydrogen-bond acceptors (Lipinski definition) is 1. The third-order valence-electron chi connectivity index (χ3n) is 15.1. The van der Waals surface area contributed by atoms with Crippen LogP contribution < -0.4 is 0 Å². The summed E-state index contributed by atoms with van der Waals surface area (Å²) in [5.41, 5.74) is 27.3. The molecule has 4 aliphatic rings. The topological polar surface area (TPSA) is 13.1 Å². The zero-order chi connectivity index (χ0) is 41.0. The molecule has 0 radical (unpaired) electrons. The van der Waals surface area contributed by atoms with Crippen LogP contribution in [-0.4, -0.2) is 0 Å². The van der Waals surface area contributed by atoms with E-state index in [1.165, 1.54) is 111 Å². The van der Waals surface area contributed by atoms with E-state index in [0.29, 0.717) is 0 Å². The van der Waals surface area contributed by atoms with Crippen molar-refractivity contribution in [3.63, 3.8) is 0 Å². The van der Waals surface area contributed by atoms with E-state index < -0.39 is 0 Å². The van der Waals surface area contributed by atoms with Gasteiger partial charge in [-0.3, -0.25) is 0 Å². The lowest BCUT2D eigenvalue weighted by Gasteiger charge is -2.30. The molecule has 290 valence electrons. The van der Waals surface area contributed by atoms with Gasteiger partial charge < -0.3 is 4.42 Å². The van der Waals surface area contributed by atoms with Crippen LogP contribution in [-0.2, 0) is 10.8 Å². The van der Waals surface area contributed by atoms with Crippen molar-refractivity contribution in [2.75, 3.05) is 0 Å². The molecule has 0 amide bonds. The maximum Gasteiger partial charge on any atom is 0.135 e. The first-order valence-electron chi connectivity index (χ1n) is 22.1. The van der Waals surface area contributed by atoms with Gasteiger partial charge in [-0.15, -0.1) is 0 Å². The molecule has 15 rings (SSSR count). The van der Waals surface area contributed by atoms with Crippen LogP contribution in [0.25, 0.3) is 88.7 Å². The Kier molecular flexibility index (Phi) is 6.35. The summed E-state index contributed by atoms with van der Waals surface area (Å²) < 4.78 is 6.53. The summed E-state index contributed by atoms with van der Waals surface area (Å²) in [6, 6.07) is 81.9. The maximum atomic E-state index is 6.53. The Morgan fingerprint density at radius 3 is 0.810 bits per heavy atom.